The van der Waals surface area contributed by atoms with Crippen LogP contribution in [0.2, 0.25) is 0 Å². The second-order valence-corrected chi connectivity index (χ2v) is 9.28. The van der Waals surface area contributed by atoms with Crippen molar-refractivity contribution in [3.8, 4) is 0 Å². The third-order valence-electron chi connectivity index (χ3n) is 4.77. The van der Waals surface area contributed by atoms with E-state index >= 15 is 0 Å². The van der Waals surface area contributed by atoms with Crippen molar-refractivity contribution in [1.29, 1.82) is 0 Å². The number of thioether (sulfide) groups is 1. The zero-order chi connectivity index (χ0) is 21.7. The summed E-state index contributed by atoms with van der Waals surface area (Å²) in [6.45, 7) is 5.95. The van der Waals surface area contributed by atoms with Crippen molar-refractivity contribution in [3.05, 3.63) is 75.8 Å². The summed E-state index contributed by atoms with van der Waals surface area (Å²) in [5.74, 6) is 0.405. The van der Waals surface area contributed by atoms with Crippen molar-refractivity contribution in [2.45, 2.75) is 30.9 Å². The lowest BCUT2D eigenvalue weighted by atomic mass is 10.1. The average molecular weight is 440 g/mol. The van der Waals surface area contributed by atoms with Crippen molar-refractivity contribution >= 4 is 40.6 Å². The zero-order valence-corrected chi connectivity index (χ0v) is 19.2. The maximum Gasteiger partial charge on any atom is 0.254 e. The van der Waals surface area contributed by atoms with Crippen LogP contribution in [0.3, 0.4) is 0 Å². The van der Waals surface area contributed by atoms with Crippen LogP contribution >= 0.6 is 23.1 Å². The lowest BCUT2D eigenvalue weighted by Gasteiger charge is -2.18. The summed E-state index contributed by atoms with van der Waals surface area (Å²) in [6.07, 6.45) is 0. The second kappa shape index (κ2) is 9.91. The summed E-state index contributed by atoms with van der Waals surface area (Å²) in [5.41, 5.74) is 5.64. The molecule has 0 aliphatic carbocycles. The summed E-state index contributed by atoms with van der Waals surface area (Å²) in [4.78, 5) is 30.9. The van der Waals surface area contributed by atoms with Crippen molar-refractivity contribution < 1.29 is 9.59 Å². The number of likely N-dealkylation sites (N-methyl/N-ethyl adjacent to an activating group) is 1. The van der Waals surface area contributed by atoms with Gasteiger partial charge in [0.1, 0.15) is 4.34 Å². The summed E-state index contributed by atoms with van der Waals surface area (Å²) in [7, 11) is 1.64. The molecule has 7 heteroatoms. The van der Waals surface area contributed by atoms with Gasteiger partial charge in [-0.25, -0.2) is 4.98 Å². The monoisotopic (exact) mass is 439 g/mol. The summed E-state index contributed by atoms with van der Waals surface area (Å²) >= 11 is 3.33. The topological polar surface area (TPSA) is 62.3 Å². The fourth-order valence-electron chi connectivity index (χ4n) is 2.87. The van der Waals surface area contributed by atoms with Gasteiger partial charge in [0, 0.05) is 35.1 Å². The molecular formula is C23H25N3O2S2. The minimum Gasteiger partial charge on any atom is -0.332 e. The molecule has 5 nitrogen and oxygen atoms in total. The number of hydrogen-bond acceptors (Lipinski definition) is 5. The van der Waals surface area contributed by atoms with Crippen molar-refractivity contribution in [3.63, 3.8) is 0 Å². The molecule has 1 aromatic heterocycles. The van der Waals surface area contributed by atoms with E-state index in [9.17, 15) is 9.59 Å². The molecule has 3 rings (SSSR count). The van der Waals surface area contributed by atoms with Crippen molar-refractivity contribution in [2.24, 2.45) is 0 Å². The summed E-state index contributed by atoms with van der Waals surface area (Å²) in [5, 5.41) is 4.93. The molecule has 0 atom stereocenters. The fourth-order valence-corrected chi connectivity index (χ4v) is 4.68. The molecule has 0 aliphatic heterocycles. The maximum absolute atomic E-state index is 12.7. The molecule has 0 saturated carbocycles. The quantitative estimate of drug-likeness (QED) is 0.522. The first kappa shape index (κ1) is 22.1. The zero-order valence-electron chi connectivity index (χ0n) is 17.6. The van der Waals surface area contributed by atoms with Gasteiger partial charge in [0.25, 0.3) is 5.91 Å². The van der Waals surface area contributed by atoms with Gasteiger partial charge in [-0.15, -0.1) is 11.3 Å². The normalized spacial score (nSPS) is 10.7. The predicted molar refractivity (Wildman–Crippen MR) is 124 cm³/mol. The van der Waals surface area contributed by atoms with E-state index in [1.165, 1.54) is 4.90 Å². The van der Waals surface area contributed by atoms with Crippen LogP contribution in [0.4, 0.5) is 5.69 Å². The molecule has 30 heavy (non-hydrogen) atoms. The Labute approximate surface area is 185 Å². The number of carbonyl (C=O) groups is 2. The van der Waals surface area contributed by atoms with Gasteiger partial charge in [-0.05, 0) is 55.7 Å². The number of rotatable bonds is 7. The molecule has 0 fully saturated rings. The van der Waals surface area contributed by atoms with Gasteiger partial charge in [-0.1, -0.05) is 36.0 Å². The van der Waals surface area contributed by atoms with E-state index in [0.717, 1.165) is 38.2 Å². The Balaban J connectivity index is 1.54. The third-order valence-corrected chi connectivity index (χ3v) is 6.98. The summed E-state index contributed by atoms with van der Waals surface area (Å²) in [6, 6.07) is 13.3. The minimum absolute atomic E-state index is 0.00673. The highest BCUT2D eigenvalue weighted by atomic mass is 32.2. The molecule has 0 spiro atoms. The highest BCUT2D eigenvalue weighted by Crippen LogP contribution is 2.26. The molecule has 3 aromatic rings. The van der Waals surface area contributed by atoms with Crippen LogP contribution in [0.1, 0.15) is 32.7 Å². The molecule has 1 heterocycles. The third kappa shape index (κ3) is 5.70. The van der Waals surface area contributed by atoms with E-state index in [0.29, 0.717) is 5.56 Å². The van der Waals surface area contributed by atoms with Crippen LogP contribution < -0.4 is 5.32 Å². The average Bonchev–Trinajstić information content (AvgIpc) is 3.15. The first-order valence-electron chi connectivity index (χ1n) is 9.59. The lowest BCUT2D eigenvalue weighted by Crippen LogP contribution is -2.35. The number of carbonyl (C=O) groups excluding carboxylic acids is 2. The number of thiazole rings is 1. The van der Waals surface area contributed by atoms with Gasteiger partial charge in [-0.3, -0.25) is 9.59 Å². The van der Waals surface area contributed by atoms with Crippen LogP contribution in [0.5, 0.6) is 0 Å². The van der Waals surface area contributed by atoms with Crippen LogP contribution in [-0.2, 0) is 10.5 Å². The molecule has 2 aromatic carbocycles. The highest BCUT2D eigenvalue weighted by molar-refractivity contribution is 8.00. The Morgan fingerprint density at radius 2 is 1.83 bits per heavy atom. The minimum atomic E-state index is -0.216. The van der Waals surface area contributed by atoms with Crippen LogP contribution in [0.15, 0.2) is 52.2 Å². The van der Waals surface area contributed by atoms with Crippen molar-refractivity contribution in [2.75, 3.05) is 18.9 Å². The van der Waals surface area contributed by atoms with E-state index in [1.54, 1.807) is 30.1 Å². The Hall–Kier alpha value is -2.64. The van der Waals surface area contributed by atoms with E-state index in [2.05, 4.69) is 10.3 Å². The molecule has 0 unspecified atom stereocenters. The number of anilines is 1. The van der Waals surface area contributed by atoms with Crippen LogP contribution in [0.25, 0.3) is 0 Å². The molecular weight excluding hydrogens is 414 g/mol. The molecule has 0 aliphatic rings. The number of benzene rings is 2. The number of nitrogens with zero attached hydrogens (tertiary/aromatic N) is 2. The van der Waals surface area contributed by atoms with Gasteiger partial charge in [-0.2, -0.15) is 0 Å². The van der Waals surface area contributed by atoms with Gasteiger partial charge < -0.3 is 10.2 Å². The van der Waals surface area contributed by atoms with Crippen LogP contribution in [0, 0.1) is 20.8 Å². The van der Waals surface area contributed by atoms with Crippen LogP contribution in [-0.4, -0.2) is 35.3 Å². The maximum atomic E-state index is 12.7. The van der Waals surface area contributed by atoms with Gasteiger partial charge >= 0.3 is 0 Å². The highest BCUT2D eigenvalue weighted by Gasteiger charge is 2.16. The predicted octanol–water partition coefficient (Wildman–Crippen LogP) is 5.07. The Morgan fingerprint density at radius 1 is 1.10 bits per heavy atom. The Morgan fingerprint density at radius 3 is 2.50 bits per heavy atom. The molecule has 1 N–H and O–H groups in total. The van der Waals surface area contributed by atoms with E-state index in [4.69, 9.17) is 0 Å². The second-order valence-electron chi connectivity index (χ2n) is 7.20. The number of aromatic nitrogens is 1. The number of nitrogens with one attached hydrogen (secondary N) is 1. The molecule has 0 radical (unpaired) electrons. The number of amides is 2. The van der Waals surface area contributed by atoms with E-state index in [1.807, 2.05) is 68.6 Å². The van der Waals surface area contributed by atoms with E-state index < -0.39 is 0 Å². The standard InChI is InChI=1S/C23H25N3O2S2/c1-15-6-5-7-20(17(15)3)25-21(27)12-26(4)22(28)19-10-8-18(9-11-19)14-30-23-24-16(2)13-29-23/h5-11,13H,12,14H2,1-4H3,(H,25,27). The first-order chi connectivity index (χ1) is 14.3. The molecule has 2 amide bonds. The van der Waals surface area contributed by atoms with Gasteiger partial charge in [0.15, 0.2) is 0 Å². The smallest absolute Gasteiger partial charge is 0.254 e. The SMILES string of the molecule is Cc1csc(SCc2ccc(C(=O)N(C)CC(=O)Nc3cccc(C)c3C)cc2)n1. The number of aryl methyl sites for hydroxylation is 2. The van der Waals surface area contributed by atoms with Gasteiger partial charge in [0.05, 0.1) is 6.54 Å². The molecule has 0 bridgehead atoms. The lowest BCUT2D eigenvalue weighted by molar-refractivity contribution is -0.116. The van der Waals surface area contributed by atoms with E-state index in [-0.39, 0.29) is 18.4 Å². The molecule has 156 valence electrons. The Kier molecular flexibility index (Phi) is 7.29. The largest absolute Gasteiger partial charge is 0.332 e. The summed E-state index contributed by atoms with van der Waals surface area (Å²) < 4.78 is 1.04. The van der Waals surface area contributed by atoms with Crippen molar-refractivity contribution in [1.82, 2.24) is 9.88 Å². The fraction of sp³-hybridized carbons (Fsp3) is 0.261. The van der Waals surface area contributed by atoms with Gasteiger partial charge in [0.2, 0.25) is 5.91 Å². The first-order valence-corrected chi connectivity index (χ1v) is 11.5. The Bertz CT molecular complexity index is 1040. The molecule has 0 saturated heterocycles. The number of hydrogen-bond donors (Lipinski definition) is 1.